The van der Waals surface area contributed by atoms with Crippen molar-refractivity contribution in [1.29, 1.82) is 0 Å². The fraction of sp³-hybridized carbons (Fsp3) is 0.176. The van der Waals surface area contributed by atoms with Crippen LogP contribution in [-0.2, 0) is 4.79 Å². The number of nitrogens with zero attached hydrogens (tertiary/aromatic N) is 1. The number of benzene rings is 2. The predicted molar refractivity (Wildman–Crippen MR) is 90.1 cm³/mol. The van der Waals surface area contributed by atoms with Crippen molar-refractivity contribution in [2.45, 2.75) is 6.92 Å². The summed E-state index contributed by atoms with van der Waals surface area (Å²) in [5.74, 6) is 0.136. The molecule has 0 aliphatic rings. The lowest BCUT2D eigenvalue weighted by Crippen LogP contribution is -2.25. The molecule has 0 aliphatic carbocycles. The van der Waals surface area contributed by atoms with E-state index in [9.17, 15) is 9.90 Å². The number of hydrogen-bond acceptors (Lipinski definition) is 5. The summed E-state index contributed by atoms with van der Waals surface area (Å²) >= 11 is 0. The number of rotatable bonds is 6. The van der Waals surface area contributed by atoms with Crippen LogP contribution in [0.4, 0.5) is 5.69 Å². The Labute approximate surface area is 134 Å². The quantitative estimate of drug-likeness (QED) is 0.564. The number of phenols is 1. The van der Waals surface area contributed by atoms with Crippen LogP contribution in [0.15, 0.2) is 47.6 Å². The van der Waals surface area contributed by atoms with Crippen molar-refractivity contribution in [3.05, 3.63) is 53.6 Å². The van der Waals surface area contributed by atoms with Gasteiger partial charge in [0.25, 0.3) is 5.91 Å². The summed E-state index contributed by atoms with van der Waals surface area (Å²) in [6, 6.07) is 12.6. The third kappa shape index (κ3) is 5.03. The Morgan fingerprint density at radius 2 is 2.00 bits per heavy atom. The molecule has 0 aromatic heterocycles. The fourth-order valence-electron chi connectivity index (χ4n) is 1.86. The zero-order valence-electron chi connectivity index (χ0n) is 13.0. The van der Waals surface area contributed by atoms with Crippen LogP contribution in [0.25, 0.3) is 0 Å². The van der Waals surface area contributed by atoms with Crippen LogP contribution in [-0.4, -0.2) is 30.9 Å². The van der Waals surface area contributed by atoms with Crippen molar-refractivity contribution >= 4 is 17.8 Å². The van der Waals surface area contributed by atoms with E-state index in [0.29, 0.717) is 11.3 Å². The second kappa shape index (κ2) is 7.84. The number of carbonyl (C=O) groups is 1. The molecular weight excluding hydrogens is 294 g/mol. The zero-order valence-corrected chi connectivity index (χ0v) is 13.0. The van der Waals surface area contributed by atoms with Gasteiger partial charge in [0, 0.05) is 5.69 Å². The Balaban J connectivity index is 1.81. The molecule has 3 N–H and O–H groups in total. The third-order valence-electron chi connectivity index (χ3n) is 3.11. The number of aromatic hydroxyl groups is 1. The summed E-state index contributed by atoms with van der Waals surface area (Å²) < 4.78 is 4.95. The van der Waals surface area contributed by atoms with Crippen LogP contribution >= 0.6 is 0 Å². The number of carbonyl (C=O) groups excluding carboxylic acids is 1. The molecule has 0 unspecified atom stereocenters. The summed E-state index contributed by atoms with van der Waals surface area (Å²) in [6.45, 7) is 2.12. The number of amides is 1. The topological polar surface area (TPSA) is 83.0 Å². The summed E-state index contributed by atoms with van der Waals surface area (Å²) in [5.41, 5.74) is 5.09. The van der Waals surface area contributed by atoms with E-state index in [1.54, 1.807) is 12.1 Å². The van der Waals surface area contributed by atoms with Gasteiger partial charge in [0.15, 0.2) is 11.5 Å². The minimum atomic E-state index is -0.264. The number of ether oxygens (including phenoxy) is 1. The fourth-order valence-corrected chi connectivity index (χ4v) is 1.86. The second-order valence-electron chi connectivity index (χ2n) is 4.94. The first-order valence-electron chi connectivity index (χ1n) is 7.08. The highest BCUT2D eigenvalue weighted by Crippen LogP contribution is 2.25. The average Bonchev–Trinajstić information content (AvgIpc) is 2.54. The number of hydrogen-bond donors (Lipinski definition) is 3. The molecule has 0 saturated heterocycles. The van der Waals surface area contributed by atoms with E-state index in [2.05, 4.69) is 15.8 Å². The van der Waals surface area contributed by atoms with E-state index >= 15 is 0 Å². The average molecular weight is 313 g/mol. The van der Waals surface area contributed by atoms with Crippen LogP contribution in [0.2, 0.25) is 0 Å². The summed E-state index contributed by atoms with van der Waals surface area (Å²) in [5, 5.41) is 16.5. The number of phenolic OH excluding ortho intramolecular Hbond substituents is 1. The van der Waals surface area contributed by atoms with E-state index in [-0.39, 0.29) is 18.2 Å². The number of methoxy groups -OCH3 is 1. The third-order valence-corrected chi connectivity index (χ3v) is 3.11. The molecule has 0 atom stereocenters. The summed E-state index contributed by atoms with van der Waals surface area (Å²) in [6.07, 6.45) is 1.45. The van der Waals surface area contributed by atoms with Crippen LogP contribution in [0.5, 0.6) is 11.5 Å². The lowest BCUT2D eigenvalue weighted by atomic mass is 10.2. The van der Waals surface area contributed by atoms with Gasteiger partial charge in [0.2, 0.25) is 0 Å². The van der Waals surface area contributed by atoms with Gasteiger partial charge in [-0.2, -0.15) is 5.10 Å². The number of hydrazone groups is 1. The monoisotopic (exact) mass is 313 g/mol. The van der Waals surface area contributed by atoms with E-state index in [1.807, 2.05) is 31.2 Å². The van der Waals surface area contributed by atoms with Crippen molar-refractivity contribution in [2.75, 3.05) is 19.0 Å². The maximum Gasteiger partial charge on any atom is 0.259 e. The first-order chi connectivity index (χ1) is 11.1. The SMILES string of the molecule is COc1ccc(C=NNC(=O)CNc2ccc(C)cc2)cc1O. The molecule has 0 fully saturated rings. The Morgan fingerprint density at radius 1 is 1.26 bits per heavy atom. The highest BCUT2D eigenvalue weighted by molar-refractivity contribution is 5.84. The normalized spacial score (nSPS) is 10.5. The Hall–Kier alpha value is -3.02. The Bertz CT molecular complexity index is 697. The number of anilines is 1. The molecule has 23 heavy (non-hydrogen) atoms. The molecule has 0 bridgehead atoms. The predicted octanol–water partition coefficient (Wildman–Crippen LogP) is 2.27. The van der Waals surface area contributed by atoms with Crippen molar-refractivity contribution < 1.29 is 14.6 Å². The summed E-state index contributed by atoms with van der Waals surface area (Å²) in [7, 11) is 1.48. The molecule has 0 radical (unpaired) electrons. The highest BCUT2D eigenvalue weighted by atomic mass is 16.5. The molecule has 2 aromatic carbocycles. The standard InChI is InChI=1S/C17H19N3O3/c1-12-3-6-14(7-4-12)18-11-17(22)20-19-10-13-5-8-16(23-2)15(21)9-13/h3-10,18,21H,11H2,1-2H3,(H,20,22). The molecule has 6 heteroatoms. The maximum atomic E-state index is 11.7. The van der Waals surface area contributed by atoms with E-state index in [4.69, 9.17) is 4.74 Å². The first kappa shape index (κ1) is 16.4. The van der Waals surface area contributed by atoms with Gasteiger partial charge in [-0.05, 0) is 42.8 Å². The van der Waals surface area contributed by atoms with Gasteiger partial charge >= 0.3 is 0 Å². The van der Waals surface area contributed by atoms with Gasteiger partial charge in [0.1, 0.15) is 0 Å². The van der Waals surface area contributed by atoms with Crippen LogP contribution < -0.4 is 15.5 Å². The van der Waals surface area contributed by atoms with Gasteiger partial charge in [-0.3, -0.25) is 4.79 Å². The molecule has 0 saturated carbocycles. The van der Waals surface area contributed by atoms with Crippen molar-refractivity contribution in [3.63, 3.8) is 0 Å². The van der Waals surface area contributed by atoms with Crippen molar-refractivity contribution in [2.24, 2.45) is 5.10 Å². The number of nitrogens with one attached hydrogen (secondary N) is 2. The molecule has 2 rings (SSSR count). The van der Waals surface area contributed by atoms with Crippen LogP contribution in [0, 0.1) is 6.92 Å². The van der Waals surface area contributed by atoms with Gasteiger partial charge in [0.05, 0.1) is 19.9 Å². The minimum Gasteiger partial charge on any atom is -0.504 e. The van der Waals surface area contributed by atoms with Gasteiger partial charge in [-0.1, -0.05) is 17.7 Å². The largest absolute Gasteiger partial charge is 0.504 e. The van der Waals surface area contributed by atoms with Crippen molar-refractivity contribution in [3.8, 4) is 11.5 Å². The van der Waals surface area contributed by atoms with Gasteiger partial charge < -0.3 is 15.2 Å². The van der Waals surface area contributed by atoms with E-state index in [0.717, 1.165) is 11.3 Å². The molecule has 0 aliphatic heterocycles. The summed E-state index contributed by atoms with van der Waals surface area (Å²) in [4.78, 5) is 11.7. The molecule has 0 spiro atoms. The molecular formula is C17H19N3O3. The number of aryl methyl sites for hydroxylation is 1. The lowest BCUT2D eigenvalue weighted by Gasteiger charge is -2.05. The molecule has 0 heterocycles. The Morgan fingerprint density at radius 3 is 2.65 bits per heavy atom. The maximum absolute atomic E-state index is 11.7. The molecule has 1 amide bonds. The first-order valence-corrected chi connectivity index (χ1v) is 7.08. The molecule has 2 aromatic rings. The van der Waals surface area contributed by atoms with E-state index < -0.39 is 0 Å². The Kier molecular flexibility index (Phi) is 5.57. The molecule has 6 nitrogen and oxygen atoms in total. The zero-order chi connectivity index (χ0) is 16.7. The lowest BCUT2D eigenvalue weighted by molar-refractivity contribution is -0.119. The highest BCUT2D eigenvalue weighted by Gasteiger charge is 2.02. The van der Waals surface area contributed by atoms with E-state index in [1.165, 1.54) is 19.4 Å². The van der Waals surface area contributed by atoms with Gasteiger partial charge in [-0.25, -0.2) is 5.43 Å². The van der Waals surface area contributed by atoms with Crippen LogP contribution in [0.1, 0.15) is 11.1 Å². The molecule has 120 valence electrons. The smallest absolute Gasteiger partial charge is 0.259 e. The minimum absolute atomic E-state index is 0.0174. The van der Waals surface area contributed by atoms with Crippen LogP contribution in [0.3, 0.4) is 0 Å². The van der Waals surface area contributed by atoms with Gasteiger partial charge in [-0.15, -0.1) is 0 Å². The van der Waals surface area contributed by atoms with Crippen molar-refractivity contribution in [1.82, 2.24) is 5.43 Å². The second-order valence-corrected chi connectivity index (χ2v) is 4.94.